The van der Waals surface area contributed by atoms with Crippen LogP contribution in [0.1, 0.15) is 107 Å². The van der Waals surface area contributed by atoms with Crippen LogP contribution in [0.15, 0.2) is 47.6 Å². The molecule has 14 heteroatoms. The fraction of sp³-hybridized carbons (Fsp3) is 0.652. The van der Waals surface area contributed by atoms with Gasteiger partial charge in [-0.3, -0.25) is 38.4 Å². The zero-order valence-electron chi connectivity index (χ0n) is 35.6. The lowest BCUT2D eigenvalue weighted by atomic mass is 9.45. The number of fused-ring (bicyclic) bond motifs is 10. The maximum absolute atomic E-state index is 16.6. The monoisotopic (exact) mass is 840 g/mol. The minimum absolute atomic E-state index is 0.0450. The lowest BCUT2D eigenvalue weighted by molar-refractivity contribution is -0.171. The first-order valence-electron chi connectivity index (χ1n) is 20.7. The molecule has 0 aromatic rings. The molecule has 0 radical (unpaired) electrons. The van der Waals surface area contributed by atoms with Crippen LogP contribution in [0, 0.1) is 69.0 Å². The summed E-state index contributed by atoms with van der Waals surface area (Å²) in [5.74, 6) is -7.39. The molecule has 0 aromatic heterocycles. The Morgan fingerprint density at radius 3 is 1.17 bits per heavy atom. The van der Waals surface area contributed by atoms with Crippen molar-refractivity contribution in [3.8, 4) is 0 Å². The highest BCUT2D eigenvalue weighted by Gasteiger charge is 2.74. The summed E-state index contributed by atoms with van der Waals surface area (Å²) in [4.78, 5) is 91.7. The van der Waals surface area contributed by atoms with Crippen LogP contribution < -0.4 is 0 Å². The third-order valence-corrected chi connectivity index (χ3v) is 16.0. The van der Waals surface area contributed by atoms with E-state index in [1.807, 2.05) is 27.7 Å². The van der Waals surface area contributed by atoms with Crippen molar-refractivity contribution in [2.24, 2.45) is 69.0 Å². The summed E-state index contributed by atoms with van der Waals surface area (Å²) >= 11 is 0. The van der Waals surface area contributed by atoms with Gasteiger partial charge in [0.1, 0.15) is 0 Å². The Morgan fingerprint density at radius 2 is 0.883 bits per heavy atom. The number of allylic oxidation sites excluding steroid dienone is 8. The van der Waals surface area contributed by atoms with Gasteiger partial charge in [-0.15, -0.1) is 0 Å². The van der Waals surface area contributed by atoms with Gasteiger partial charge in [-0.1, -0.05) is 51.0 Å². The van der Waals surface area contributed by atoms with Crippen molar-refractivity contribution in [1.82, 2.24) is 0 Å². The molecule has 8 rings (SSSR count). The molecule has 60 heavy (non-hydrogen) atoms. The van der Waals surface area contributed by atoms with Crippen molar-refractivity contribution >= 4 is 47.0 Å². The molecule has 0 amide bonds. The fourth-order valence-electron chi connectivity index (χ4n) is 13.7. The lowest BCUT2D eigenvalue weighted by Gasteiger charge is -2.58. The number of alkyl halides is 2. The Labute approximate surface area is 348 Å². The molecular weight excluding hydrogens is 782 g/mol. The molecule has 4 N–H and O–H groups in total. The predicted molar refractivity (Wildman–Crippen MR) is 213 cm³/mol. The molecule has 12 nitrogen and oxygen atoms in total. The third kappa shape index (κ3) is 6.93. The van der Waals surface area contributed by atoms with Crippen molar-refractivity contribution in [3.05, 3.63) is 47.6 Å². The van der Waals surface area contributed by atoms with Gasteiger partial charge in [0.05, 0.1) is 11.8 Å². The van der Waals surface area contributed by atoms with Crippen LogP contribution in [0.5, 0.6) is 0 Å². The smallest absolute Gasteiger partial charge is 0.307 e. The van der Waals surface area contributed by atoms with Gasteiger partial charge in [-0.2, -0.15) is 0 Å². The molecule has 0 bridgehead atoms. The number of carbonyl (C=O) groups is 8. The summed E-state index contributed by atoms with van der Waals surface area (Å²) in [5.41, 5.74) is -6.34. The van der Waals surface area contributed by atoms with Crippen LogP contribution in [0.3, 0.4) is 0 Å². The van der Waals surface area contributed by atoms with Gasteiger partial charge in [0, 0.05) is 49.4 Å². The quantitative estimate of drug-likeness (QED) is 0.217. The molecule has 0 spiro atoms. The molecular formula is C46H58F2O12. The topological polar surface area (TPSA) is 217 Å². The average Bonchev–Trinajstić information content (AvgIpc) is 3.53. The number of rotatable bonds is 2. The highest BCUT2D eigenvalue weighted by molar-refractivity contribution is 6.03. The van der Waals surface area contributed by atoms with E-state index in [-0.39, 0.29) is 48.1 Å². The van der Waals surface area contributed by atoms with Crippen LogP contribution in [-0.4, -0.2) is 78.8 Å². The summed E-state index contributed by atoms with van der Waals surface area (Å²) in [6.45, 7) is 13.2. The van der Waals surface area contributed by atoms with Gasteiger partial charge in [0.15, 0.2) is 34.5 Å². The van der Waals surface area contributed by atoms with Crippen molar-refractivity contribution in [1.29, 1.82) is 0 Å². The van der Waals surface area contributed by atoms with Crippen LogP contribution in [-0.2, 0) is 38.4 Å². The highest BCUT2D eigenvalue weighted by Crippen LogP contribution is 2.70. The van der Waals surface area contributed by atoms with E-state index in [2.05, 4.69) is 0 Å². The van der Waals surface area contributed by atoms with E-state index >= 15 is 8.78 Å². The maximum atomic E-state index is 16.6. The molecule has 8 aliphatic rings. The Morgan fingerprint density at radius 1 is 0.583 bits per heavy atom. The number of Topliss-reactive ketones (excluding diaryl/α,β-unsaturated/α-hetero) is 2. The normalized spacial score (nSPS) is 44.1. The molecule has 0 unspecified atom stereocenters. The maximum Gasteiger partial charge on any atom is 0.307 e. The van der Waals surface area contributed by atoms with Crippen LogP contribution in [0.2, 0.25) is 0 Å². The minimum Gasteiger partial charge on any atom is -0.481 e. The van der Waals surface area contributed by atoms with Gasteiger partial charge in [-0.05, 0) is 111 Å². The molecule has 8 aliphatic carbocycles. The molecule has 0 heterocycles. The van der Waals surface area contributed by atoms with Gasteiger partial charge in [0.25, 0.3) is 11.9 Å². The summed E-state index contributed by atoms with van der Waals surface area (Å²) in [5, 5.41) is 34.3. The van der Waals surface area contributed by atoms with Crippen LogP contribution >= 0.6 is 0 Å². The Bertz CT molecular complexity index is 1880. The standard InChI is InChI=1S/2C21H25FO4.2C2H4O2/c2*1-11-8-15-14-5-4-12-9-13(23)6-7-20(12,3)21(14,22)16(24)10-19(15,2)17(11)18(25)26;2*1-2(3)4/h2*6-7,9,11,14-15,17H,4-5,8,10H2,1-3H3,(H,25,26);2*1H3,(H,3,4)/t2*11-,14+,15+,17-,19+,20+,21+;;/m11../s1. The van der Waals surface area contributed by atoms with E-state index in [1.165, 1.54) is 24.3 Å². The largest absolute Gasteiger partial charge is 0.481 e. The van der Waals surface area contributed by atoms with Crippen molar-refractivity contribution in [2.75, 3.05) is 0 Å². The van der Waals surface area contributed by atoms with Crippen LogP contribution in [0.25, 0.3) is 0 Å². The Hall–Kier alpha value is -4.62. The number of halogens is 2. The van der Waals surface area contributed by atoms with E-state index in [0.29, 0.717) is 49.7 Å². The van der Waals surface area contributed by atoms with E-state index in [4.69, 9.17) is 19.8 Å². The molecule has 6 saturated carbocycles. The van der Waals surface area contributed by atoms with Gasteiger partial charge in [0.2, 0.25) is 0 Å². The van der Waals surface area contributed by atoms with E-state index < -0.39 is 92.1 Å². The molecule has 0 aliphatic heterocycles. The van der Waals surface area contributed by atoms with Gasteiger partial charge < -0.3 is 20.4 Å². The molecule has 0 saturated heterocycles. The predicted octanol–water partition coefficient (Wildman–Crippen LogP) is 7.21. The number of aliphatic carboxylic acids is 4. The van der Waals surface area contributed by atoms with Gasteiger partial charge >= 0.3 is 11.9 Å². The Balaban J connectivity index is 0.000000193. The summed E-state index contributed by atoms with van der Waals surface area (Å²) in [7, 11) is 0. The average molecular weight is 841 g/mol. The molecule has 0 aromatic carbocycles. The summed E-state index contributed by atoms with van der Waals surface area (Å²) < 4.78 is 33.2. The number of carboxylic acids is 4. The van der Waals surface area contributed by atoms with Crippen molar-refractivity contribution < 1.29 is 67.6 Å². The number of carbonyl (C=O) groups excluding carboxylic acids is 4. The zero-order chi connectivity index (χ0) is 45.3. The highest BCUT2D eigenvalue weighted by atomic mass is 19.1. The Kier molecular flexibility index (Phi) is 12.1. The number of hydrogen-bond donors (Lipinski definition) is 4. The lowest BCUT2D eigenvalue weighted by Crippen LogP contribution is -2.65. The SMILES string of the molecule is CC(=O)O.CC(=O)O.C[C@@H]1C[C@H]2[C@@H]3CCC4=CC(=O)C=C[C@]4(C)[C@@]3(F)C(=O)C[C@]2(C)[C@H]1C(=O)O.C[C@@H]1C[C@H]2[C@@H]3CCC4=CC(=O)C=C[C@]4(C)[C@@]3(F)C(=O)C[C@]2(C)[C@H]1C(=O)O. The summed E-state index contributed by atoms with van der Waals surface area (Å²) in [6, 6.07) is 0. The first-order chi connectivity index (χ1) is 27.6. The molecule has 6 fully saturated rings. The number of ketones is 4. The fourth-order valence-corrected chi connectivity index (χ4v) is 13.7. The van der Waals surface area contributed by atoms with Crippen LogP contribution in [0.4, 0.5) is 8.78 Å². The first kappa shape index (κ1) is 46.4. The third-order valence-electron chi connectivity index (χ3n) is 16.0. The number of carboxylic acid groups (broad SMARTS) is 4. The van der Waals surface area contributed by atoms with E-state index in [1.54, 1.807) is 26.0 Å². The molecule has 328 valence electrons. The number of hydrogen-bond acceptors (Lipinski definition) is 8. The minimum atomic E-state index is -2.06. The second kappa shape index (κ2) is 15.7. The second-order valence-electron chi connectivity index (χ2n) is 19.4. The second-order valence-corrected chi connectivity index (χ2v) is 19.4. The van der Waals surface area contributed by atoms with Gasteiger partial charge in [-0.25, -0.2) is 8.78 Å². The summed E-state index contributed by atoms with van der Waals surface area (Å²) in [6.07, 6.45) is 12.2. The van der Waals surface area contributed by atoms with Crippen molar-refractivity contribution in [3.63, 3.8) is 0 Å². The van der Waals surface area contributed by atoms with E-state index in [9.17, 15) is 39.0 Å². The zero-order valence-corrected chi connectivity index (χ0v) is 35.6. The van der Waals surface area contributed by atoms with Crippen molar-refractivity contribution in [2.45, 2.75) is 118 Å². The van der Waals surface area contributed by atoms with E-state index in [0.717, 1.165) is 13.8 Å². The first-order valence-corrected chi connectivity index (χ1v) is 20.7. The molecule has 14 atom stereocenters.